The molecular weight excluding hydrogens is 254 g/mol. The predicted octanol–water partition coefficient (Wildman–Crippen LogP) is 1.36. The van der Waals surface area contributed by atoms with Crippen LogP contribution in [0.25, 0.3) is 0 Å². The smallest absolute Gasteiger partial charge is 0.239 e. The first-order valence-electron chi connectivity index (χ1n) is 6.71. The average Bonchev–Trinajstić information content (AvgIpc) is 2.35. The van der Waals surface area contributed by atoms with Gasteiger partial charge < -0.3 is 16.0 Å². The second kappa shape index (κ2) is 6.93. The van der Waals surface area contributed by atoms with Gasteiger partial charge in [0.1, 0.15) is 0 Å². The number of benzene rings is 1. The van der Waals surface area contributed by atoms with Crippen molar-refractivity contribution in [2.75, 3.05) is 19.3 Å². The summed E-state index contributed by atoms with van der Waals surface area (Å²) in [5, 5.41) is 2.76. The summed E-state index contributed by atoms with van der Waals surface area (Å²) in [5.74, 6) is -0.583. The summed E-state index contributed by atoms with van der Waals surface area (Å²) < 4.78 is 0. The van der Waals surface area contributed by atoms with Gasteiger partial charge in [-0.15, -0.1) is 0 Å². The van der Waals surface area contributed by atoms with E-state index in [4.69, 9.17) is 5.73 Å². The van der Waals surface area contributed by atoms with Crippen LogP contribution in [0, 0.1) is 0 Å². The van der Waals surface area contributed by atoms with Crippen LogP contribution in [0.15, 0.2) is 24.3 Å². The second-order valence-corrected chi connectivity index (χ2v) is 5.31. The summed E-state index contributed by atoms with van der Waals surface area (Å²) in [4.78, 5) is 25.4. The van der Waals surface area contributed by atoms with Gasteiger partial charge >= 0.3 is 0 Å². The number of nitrogens with one attached hydrogen (secondary N) is 1. The van der Waals surface area contributed by atoms with Crippen LogP contribution >= 0.6 is 0 Å². The Morgan fingerprint density at radius 1 is 1.30 bits per heavy atom. The van der Waals surface area contributed by atoms with E-state index in [9.17, 15) is 9.59 Å². The molecule has 1 rings (SSSR count). The Balaban J connectivity index is 2.67. The number of nitrogens with two attached hydrogens (primary N) is 1. The van der Waals surface area contributed by atoms with Gasteiger partial charge in [0.15, 0.2) is 0 Å². The summed E-state index contributed by atoms with van der Waals surface area (Å²) in [6.45, 7) is 5.64. The molecule has 1 aromatic rings. The first-order valence-corrected chi connectivity index (χ1v) is 6.71. The lowest BCUT2D eigenvalue weighted by atomic mass is 9.99. The number of nitrogens with zero attached hydrogens (tertiary/aromatic N) is 1. The molecule has 5 nitrogen and oxygen atoms in total. The third-order valence-electron chi connectivity index (χ3n) is 2.99. The van der Waals surface area contributed by atoms with Crippen molar-refractivity contribution in [1.29, 1.82) is 0 Å². The van der Waals surface area contributed by atoms with Crippen LogP contribution in [0.4, 0.5) is 5.69 Å². The highest BCUT2D eigenvalue weighted by Crippen LogP contribution is 2.19. The second-order valence-electron chi connectivity index (χ2n) is 5.31. The summed E-state index contributed by atoms with van der Waals surface area (Å²) in [6, 6.07) is 7.31. The number of carbonyl (C=O) groups excluding carboxylic acids is 2. The number of nitrogen functional groups attached to an aromatic ring is 1. The fourth-order valence-electron chi connectivity index (χ4n) is 1.96. The van der Waals surface area contributed by atoms with Crippen LogP contribution in [0.3, 0.4) is 0 Å². The van der Waals surface area contributed by atoms with Crippen molar-refractivity contribution in [3.05, 3.63) is 29.8 Å². The maximum atomic E-state index is 12.3. The van der Waals surface area contributed by atoms with Crippen molar-refractivity contribution in [2.24, 2.45) is 0 Å². The molecule has 3 N–H and O–H groups in total. The van der Waals surface area contributed by atoms with Gasteiger partial charge in [0.05, 0.1) is 12.5 Å². The van der Waals surface area contributed by atoms with Crippen molar-refractivity contribution in [3.8, 4) is 0 Å². The monoisotopic (exact) mass is 277 g/mol. The molecular formula is C15H23N3O2. The lowest BCUT2D eigenvalue weighted by molar-refractivity contribution is -0.135. The molecule has 0 aliphatic heterocycles. The Morgan fingerprint density at radius 2 is 1.95 bits per heavy atom. The Labute approximate surface area is 120 Å². The highest BCUT2D eigenvalue weighted by atomic mass is 16.2. The molecule has 0 aromatic heterocycles. The van der Waals surface area contributed by atoms with Crippen LogP contribution in [-0.4, -0.2) is 36.3 Å². The topological polar surface area (TPSA) is 75.4 Å². The third-order valence-corrected chi connectivity index (χ3v) is 2.99. The van der Waals surface area contributed by atoms with Gasteiger partial charge in [-0.05, 0) is 38.5 Å². The predicted molar refractivity (Wildman–Crippen MR) is 80.2 cm³/mol. The standard InChI is InChI=1S/C15H23N3O2/c1-10(2)17-14(19)9-18(4)15(20)11(3)12-6-5-7-13(16)8-12/h5-8,10-11H,9,16H2,1-4H3,(H,17,19). The quantitative estimate of drug-likeness (QED) is 0.798. The molecule has 5 heteroatoms. The van der Waals surface area contributed by atoms with Crippen molar-refractivity contribution >= 4 is 17.5 Å². The van der Waals surface area contributed by atoms with Crippen LogP contribution in [0.1, 0.15) is 32.3 Å². The third kappa shape index (κ3) is 4.57. The maximum absolute atomic E-state index is 12.3. The summed E-state index contributed by atoms with van der Waals surface area (Å²) in [7, 11) is 1.63. The van der Waals surface area contributed by atoms with E-state index in [0.29, 0.717) is 5.69 Å². The van der Waals surface area contributed by atoms with Crippen LogP contribution < -0.4 is 11.1 Å². The highest BCUT2D eigenvalue weighted by Gasteiger charge is 2.21. The Bertz CT molecular complexity index is 486. The van der Waals surface area contributed by atoms with Crippen molar-refractivity contribution < 1.29 is 9.59 Å². The summed E-state index contributed by atoms with van der Waals surface area (Å²) in [5.41, 5.74) is 7.20. The molecule has 0 aliphatic rings. The summed E-state index contributed by atoms with van der Waals surface area (Å²) in [6.07, 6.45) is 0. The van der Waals surface area contributed by atoms with Crippen molar-refractivity contribution in [1.82, 2.24) is 10.2 Å². The van der Waals surface area contributed by atoms with E-state index >= 15 is 0 Å². The Kier molecular flexibility index (Phi) is 5.55. The van der Waals surface area contributed by atoms with Gasteiger partial charge in [-0.25, -0.2) is 0 Å². The minimum absolute atomic E-state index is 0.0592. The lowest BCUT2D eigenvalue weighted by Gasteiger charge is -2.22. The SMILES string of the molecule is CC(C)NC(=O)CN(C)C(=O)C(C)c1cccc(N)c1. The Hall–Kier alpha value is -2.04. The van der Waals surface area contributed by atoms with E-state index in [1.54, 1.807) is 19.2 Å². The van der Waals surface area contributed by atoms with Crippen LogP contribution in [0.5, 0.6) is 0 Å². The van der Waals surface area contributed by atoms with Gasteiger partial charge in [-0.3, -0.25) is 9.59 Å². The van der Waals surface area contributed by atoms with Crippen molar-refractivity contribution in [2.45, 2.75) is 32.7 Å². The Morgan fingerprint density at radius 3 is 2.50 bits per heavy atom. The van der Waals surface area contributed by atoms with E-state index in [-0.39, 0.29) is 30.3 Å². The molecule has 0 aliphatic carbocycles. The molecule has 0 bridgehead atoms. The number of hydrogen-bond acceptors (Lipinski definition) is 3. The zero-order chi connectivity index (χ0) is 15.3. The molecule has 0 fully saturated rings. The molecule has 1 unspecified atom stereocenters. The van der Waals surface area contributed by atoms with Gasteiger partial charge in [-0.2, -0.15) is 0 Å². The minimum atomic E-state index is -0.324. The molecule has 20 heavy (non-hydrogen) atoms. The van der Waals surface area contributed by atoms with E-state index in [1.165, 1.54) is 4.90 Å². The molecule has 1 atom stereocenters. The van der Waals surface area contributed by atoms with Gasteiger partial charge in [0, 0.05) is 18.8 Å². The molecule has 0 saturated carbocycles. The number of amides is 2. The molecule has 1 aromatic carbocycles. The molecule has 2 amide bonds. The van der Waals surface area contributed by atoms with Crippen LogP contribution in [-0.2, 0) is 9.59 Å². The van der Waals surface area contributed by atoms with Crippen LogP contribution in [0.2, 0.25) is 0 Å². The van der Waals surface area contributed by atoms with E-state index in [0.717, 1.165) is 5.56 Å². The number of rotatable bonds is 5. The fourth-order valence-corrected chi connectivity index (χ4v) is 1.96. The average molecular weight is 277 g/mol. The van der Waals surface area contributed by atoms with E-state index in [2.05, 4.69) is 5.32 Å². The maximum Gasteiger partial charge on any atom is 0.239 e. The first-order chi connectivity index (χ1) is 9.31. The number of likely N-dealkylation sites (N-methyl/N-ethyl adjacent to an activating group) is 1. The largest absolute Gasteiger partial charge is 0.399 e. The lowest BCUT2D eigenvalue weighted by Crippen LogP contribution is -2.42. The molecule has 0 heterocycles. The fraction of sp³-hybridized carbons (Fsp3) is 0.467. The zero-order valence-corrected chi connectivity index (χ0v) is 12.5. The molecule has 0 saturated heterocycles. The van der Waals surface area contributed by atoms with Gasteiger partial charge in [0.25, 0.3) is 0 Å². The molecule has 0 radical (unpaired) electrons. The van der Waals surface area contributed by atoms with Gasteiger partial charge in [-0.1, -0.05) is 12.1 Å². The number of hydrogen-bond donors (Lipinski definition) is 2. The normalized spacial score (nSPS) is 12.1. The van der Waals surface area contributed by atoms with E-state index in [1.807, 2.05) is 32.9 Å². The highest BCUT2D eigenvalue weighted by molar-refractivity contribution is 5.88. The summed E-state index contributed by atoms with van der Waals surface area (Å²) >= 11 is 0. The molecule has 0 spiro atoms. The van der Waals surface area contributed by atoms with Gasteiger partial charge in [0.2, 0.25) is 11.8 Å². The minimum Gasteiger partial charge on any atom is -0.399 e. The zero-order valence-electron chi connectivity index (χ0n) is 12.5. The van der Waals surface area contributed by atoms with Crippen molar-refractivity contribution in [3.63, 3.8) is 0 Å². The van der Waals surface area contributed by atoms with E-state index < -0.39 is 0 Å². The first kappa shape index (κ1) is 16.0. The number of carbonyl (C=O) groups is 2. The number of anilines is 1. The molecule has 110 valence electrons.